The highest BCUT2D eigenvalue weighted by Gasteiger charge is 2.27. The molecule has 0 spiro atoms. The van der Waals surface area contributed by atoms with Crippen LogP contribution in [-0.4, -0.2) is 36.1 Å². The van der Waals surface area contributed by atoms with Crippen LogP contribution >= 0.6 is 0 Å². The normalized spacial score (nSPS) is 15.7. The lowest BCUT2D eigenvalue weighted by atomic mass is 10.2. The largest absolute Gasteiger partial charge is 0.477 e. The van der Waals surface area contributed by atoms with Crippen LogP contribution in [0.1, 0.15) is 34.9 Å². The molecule has 2 heterocycles. The molecule has 0 saturated heterocycles. The fourth-order valence-electron chi connectivity index (χ4n) is 1.50. The van der Waals surface area contributed by atoms with Crippen molar-refractivity contribution in [1.29, 1.82) is 0 Å². The third-order valence-corrected chi connectivity index (χ3v) is 2.41. The number of aromatic carboxylic acids is 1. The maximum absolute atomic E-state index is 11.0. The first-order valence-electron chi connectivity index (χ1n) is 4.58. The molecule has 2 aromatic heterocycles. The van der Waals surface area contributed by atoms with Crippen molar-refractivity contribution in [3.8, 4) is 0 Å². The highest BCUT2D eigenvalue weighted by molar-refractivity contribution is 5.86. The van der Waals surface area contributed by atoms with E-state index >= 15 is 0 Å². The summed E-state index contributed by atoms with van der Waals surface area (Å²) in [5.74, 6) is -0.418. The molecule has 1 aliphatic rings. The van der Waals surface area contributed by atoms with Crippen LogP contribution in [0.15, 0.2) is 6.07 Å². The van der Waals surface area contributed by atoms with E-state index in [1.807, 2.05) is 0 Å². The van der Waals surface area contributed by atoms with Gasteiger partial charge in [0.05, 0.1) is 5.69 Å². The van der Waals surface area contributed by atoms with Gasteiger partial charge in [-0.05, 0) is 29.3 Å². The Kier molecular flexibility index (Phi) is 1.50. The third kappa shape index (κ3) is 1.24. The van der Waals surface area contributed by atoms with Crippen molar-refractivity contribution in [3.63, 3.8) is 0 Å². The van der Waals surface area contributed by atoms with Crippen LogP contribution in [0.5, 0.6) is 0 Å². The van der Waals surface area contributed by atoms with E-state index < -0.39 is 5.97 Å². The van der Waals surface area contributed by atoms with Crippen molar-refractivity contribution in [2.75, 3.05) is 0 Å². The minimum atomic E-state index is -1.04. The topological polar surface area (TPSA) is 93.3 Å². The predicted octanol–water partition coefficient (Wildman–Crippen LogP) is 0.0949. The molecule has 0 radical (unpaired) electrons. The Morgan fingerprint density at radius 3 is 3.00 bits per heavy atom. The van der Waals surface area contributed by atoms with E-state index in [0.29, 0.717) is 5.92 Å². The molecule has 7 nitrogen and oxygen atoms in total. The highest BCUT2D eigenvalue weighted by atomic mass is 16.4. The Balaban J connectivity index is 2.28. The molecule has 1 fully saturated rings. The summed E-state index contributed by atoms with van der Waals surface area (Å²) in [6, 6.07) is 1.54. The van der Waals surface area contributed by atoms with Crippen LogP contribution < -0.4 is 0 Å². The predicted molar refractivity (Wildman–Crippen MR) is 47.5 cm³/mol. The van der Waals surface area contributed by atoms with Gasteiger partial charge in [-0.15, -0.1) is 0 Å². The zero-order chi connectivity index (χ0) is 10.4. The molecule has 2 aromatic rings. The Hall–Kier alpha value is -2.05. The quantitative estimate of drug-likeness (QED) is 0.747. The fourth-order valence-corrected chi connectivity index (χ4v) is 1.50. The zero-order valence-corrected chi connectivity index (χ0v) is 7.66. The second-order valence-corrected chi connectivity index (χ2v) is 3.54. The molecule has 1 saturated carbocycles. The van der Waals surface area contributed by atoms with Gasteiger partial charge >= 0.3 is 5.97 Å². The molecule has 0 atom stereocenters. The first-order valence-corrected chi connectivity index (χ1v) is 4.58. The smallest absolute Gasteiger partial charge is 0.354 e. The Morgan fingerprint density at radius 1 is 1.53 bits per heavy atom. The summed E-state index contributed by atoms with van der Waals surface area (Å²) in [5, 5.41) is 19.6. The minimum Gasteiger partial charge on any atom is -0.477 e. The Morgan fingerprint density at radius 2 is 2.33 bits per heavy atom. The lowest BCUT2D eigenvalue weighted by Crippen LogP contribution is -2.09. The summed E-state index contributed by atoms with van der Waals surface area (Å²) >= 11 is 0. The van der Waals surface area contributed by atoms with E-state index in [1.54, 1.807) is 6.07 Å². The van der Waals surface area contributed by atoms with Crippen LogP contribution in [0.3, 0.4) is 0 Å². The van der Waals surface area contributed by atoms with E-state index in [-0.39, 0.29) is 11.5 Å². The summed E-state index contributed by atoms with van der Waals surface area (Å²) in [7, 11) is 0. The second kappa shape index (κ2) is 2.72. The summed E-state index contributed by atoms with van der Waals surface area (Å²) in [6.45, 7) is 0. The molecular formula is C8H7N5O2. The lowest BCUT2D eigenvalue weighted by Gasteiger charge is -2.00. The third-order valence-electron chi connectivity index (χ3n) is 2.41. The molecule has 3 rings (SSSR count). The molecule has 0 aliphatic heterocycles. The van der Waals surface area contributed by atoms with Crippen LogP contribution in [0.25, 0.3) is 5.78 Å². The van der Waals surface area contributed by atoms with Gasteiger partial charge in [-0.25, -0.2) is 9.78 Å². The van der Waals surface area contributed by atoms with Gasteiger partial charge < -0.3 is 5.11 Å². The van der Waals surface area contributed by atoms with Crippen molar-refractivity contribution in [3.05, 3.63) is 17.5 Å². The maximum Gasteiger partial charge on any atom is 0.354 e. The van der Waals surface area contributed by atoms with E-state index in [1.165, 1.54) is 0 Å². The van der Waals surface area contributed by atoms with Gasteiger partial charge in [-0.3, -0.25) is 0 Å². The molecule has 1 aliphatic carbocycles. The van der Waals surface area contributed by atoms with Gasteiger partial charge in [0.2, 0.25) is 0 Å². The zero-order valence-electron chi connectivity index (χ0n) is 7.66. The summed E-state index contributed by atoms with van der Waals surface area (Å²) in [5.41, 5.74) is 0.835. The van der Waals surface area contributed by atoms with Crippen molar-refractivity contribution in [1.82, 2.24) is 25.0 Å². The van der Waals surface area contributed by atoms with Gasteiger partial charge in [-0.1, -0.05) is 5.10 Å². The molecule has 0 aromatic carbocycles. The van der Waals surface area contributed by atoms with Crippen molar-refractivity contribution in [2.24, 2.45) is 0 Å². The van der Waals surface area contributed by atoms with E-state index in [4.69, 9.17) is 5.11 Å². The summed E-state index contributed by atoms with van der Waals surface area (Å²) in [6.07, 6.45) is 2.12. The van der Waals surface area contributed by atoms with Crippen molar-refractivity contribution < 1.29 is 9.90 Å². The van der Waals surface area contributed by atoms with Crippen LogP contribution in [0.2, 0.25) is 0 Å². The molecule has 0 amide bonds. The molecular weight excluding hydrogens is 198 g/mol. The summed E-state index contributed by atoms with van der Waals surface area (Å²) < 4.78 is 1.13. The van der Waals surface area contributed by atoms with E-state index in [9.17, 15) is 4.79 Å². The number of carbonyl (C=O) groups is 1. The number of fused-ring (bicyclic) bond motifs is 1. The maximum atomic E-state index is 11.0. The molecule has 7 heteroatoms. The number of hydrogen-bond acceptors (Lipinski definition) is 5. The Labute approximate surface area is 83.7 Å². The van der Waals surface area contributed by atoms with Gasteiger partial charge in [-0.2, -0.15) is 4.52 Å². The number of aromatic nitrogens is 5. The van der Waals surface area contributed by atoms with Crippen LogP contribution in [0.4, 0.5) is 0 Å². The first kappa shape index (κ1) is 8.27. The van der Waals surface area contributed by atoms with Crippen LogP contribution in [-0.2, 0) is 0 Å². The molecule has 15 heavy (non-hydrogen) atoms. The number of rotatable bonds is 2. The minimum absolute atomic E-state index is 0.0619. The monoisotopic (exact) mass is 205 g/mol. The number of tetrazole rings is 1. The van der Waals surface area contributed by atoms with Crippen molar-refractivity contribution >= 4 is 11.7 Å². The average molecular weight is 205 g/mol. The number of carboxylic acid groups (broad SMARTS) is 1. The number of carboxylic acids is 1. The van der Waals surface area contributed by atoms with E-state index in [0.717, 1.165) is 23.1 Å². The molecule has 0 bridgehead atoms. The van der Waals surface area contributed by atoms with Gasteiger partial charge in [0.15, 0.2) is 5.69 Å². The van der Waals surface area contributed by atoms with Gasteiger partial charge in [0.1, 0.15) is 0 Å². The standard InChI is InChI=1S/C8H7N5O2/c14-7(15)6-3-5(4-1-2-4)9-8-10-11-12-13(6)8/h3-4H,1-2H2,(H,14,15). The second-order valence-electron chi connectivity index (χ2n) is 3.54. The van der Waals surface area contributed by atoms with E-state index in [2.05, 4.69) is 20.5 Å². The molecule has 76 valence electrons. The number of nitrogens with zero attached hydrogens (tertiary/aromatic N) is 5. The SMILES string of the molecule is O=C(O)c1cc(C2CC2)nc2nnnn12. The molecule has 0 unspecified atom stereocenters. The fraction of sp³-hybridized carbons (Fsp3) is 0.375. The highest BCUT2D eigenvalue weighted by Crippen LogP contribution is 2.39. The average Bonchev–Trinajstić information content (AvgIpc) is 2.95. The van der Waals surface area contributed by atoms with Gasteiger partial charge in [0.25, 0.3) is 5.78 Å². The number of hydrogen-bond donors (Lipinski definition) is 1. The summed E-state index contributed by atoms with van der Waals surface area (Å²) in [4.78, 5) is 15.2. The lowest BCUT2D eigenvalue weighted by molar-refractivity contribution is 0.0686. The van der Waals surface area contributed by atoms with Gasteiger partial charge in [0, 0.05) is 5.92 Å². The van der Waals surface area contributed by atoms with Crippen molar-refractivity contribution in [2.45, 2.75) is 18.8 Å². The Bertz CT molecular complexity index is 545. The first-order chi connectivity index (χ1) is 7.25. The van der Waals surface area contributed by atoms with Crippen LogP contribution in [0, 0.1) is 0 Å². The molecule has 1 N–H and O–H groups in total.